The molecular weight excluding hydrogens is 801 g/mol. The molecule has 3 aromatic rings. The van der Waals surface area contributed by atoms with Gasteiger partial charge < -0.3 is 34.9 Å². The van der Waals surface area contributed by atoms with Crippen molar-refractivity contribution in [3.8, 4) is 17.0 Å². The number of alkyl halides is 3. The zero-order valence-electron chi connectivity index (χ0n) is 34.0. The summed E-state index contributed by atoms with van der Waals surface area (Å²) in [6, 6.07) is 9.98. The minimum atomic E-state index is -4.76. The topological polar surface area (TPSA) is 158 Å². The van der Waals surface area contributed by atoms with Gasteiger partial charge in [0.05, 0.1) is 30.0 Å². The number of phenols is 1. The first-order chi connectivity index (χ1) is 29.0. The lowest BCUT2D eigenvalue weighted by molar-refractivity contribution is -0.191. The van der Waals surface area contributed by atoms with Crippen molar-refractivity contribution in [3.63, 3.8) is 0 Å². The number of benzene rings is 2. The number of hydrogen-bond acceptors (Lipinski definition) is 11. The normalized spacial score (nSPS) is 24.6. The third-order valence-corrected chi connectivity index (χ3v) is 13.5. The van der Waals surface area contributed by atoms with Crippen LogP contribution >= 0.6 is 0 Å². The first-order valence-electron chi connectivity index (χ1n) is 20.8. The maximum absolute atomic E-state index is 15.3. The van der Waals surface area contributed by atoms with Gasteiger partial charge in [0.1, 0.15) is 6.04 Å². The van der Waals surface area contributed by atoms with E-state index in [9.17, 15) is 28.7 Å². The van der Waals surface area contributed by atoms with Crippen LogP contribution in [-0.4, -0.2) is 147 Å². The van der Waals surface area contributed by atoms with E-state index in [0.29, 0.717) is 44.1 Å². The van der Waals surface area contributed by atoms with Crippen LogP contribution in [0, 0.1) is 11.7 Å². The van der Waals surface area contributed by atoms with Crippen LogP contribution in [-0.2, 0) is 16.1 Å². The number of imide groups is 1. The number of anilines is 3. The summed E-state index contributed by atoms with van der Waals surface area (Å²) in [5.74, 6) is -2.01. The maximum atomic E-state index is 15.3. The van der Waals surface area contributed by atoms with Crippen molar-refractivity contribution >= 4 is 40.9 Å². The number of nitrogens with zero attached hydrogens (tertiary/aromatic N) is 8. The number of piperazine rings is 2. The highest BCUT2D eigenvalue weighted by atomic mass is 19.4. The van der Waals surface area contributed by atoms with Crippen LogP contribution in [0.25, 0.3) is 11.3 Å². The van der Waals surface area contributed by atoms with Crippen LogP contribution in [0.3, 0.4) is 0 Å². The number of carbonyl (C=O) groups excluding carboxylic acids is 4. The summed E-state index contributed by atoms with van der Waals surface area (Å²) in [7, 11) is 0. The molecule has 0 aliphatic carbocycles. The average molecular weight is 849 g/mol. The molecular formula is C42H48F4N10O5. The number of urea groups is 1. The van der Waals surface area contributed by atoms with Crippen molar-refractivity contribution in [2.45, 2.75) is 69.4 Å². The molecule has 2 atom stereocenters. The molecule has 9 rings (SSSR count). The number of fused-ring (bicyclic) bond motifs is 4. The number of phenolic OH excluding ortho intramolecular Hbond substituents is 1. The second-order valence-electron chi connectivity index (χ2n) is 17.7. The van der Waals surface area contributed by atoms with E-state index in [0.717, 1.165) is 49.8 Å². The van der Waals surface area contributed by atoms with Gasteiger partial charge in [0.25, 0.3) is 5.91 Å². The number of aromatic hydroxyl groups is 1. The van der Waals surface area contributed by atoms with Gasteiger partial charge in [-0.1, -0.05) is 12.1 Å². The highest BCUT2D eigenvalue weighted by Gasteiger charge is 2.63. The van der Waals surface area contributed by atoms with Crippen molar-refractivity contribution in [3.05, 3.63) is 59.4 Å². The summed E-state index contributed by atoms with van der Waals surface area (Å²) in [4.78, 5) is 62.1. The molecule has 0 bridgehead atoms. The Morgan fingerprint density at radius 2 is 1.72 bits per heavy atom. The molecule has 0 spiro atoms. The Hall–Kier alpha value is -5.72. The molecule has 2 aromatic carbocycles. The minimum absolute atomic E-state index is 0.00405. The van der Waals surface area contributed by atoms with E-state index in [4.69, 9.17) is 0 Å². The summed E-state index contributed by atoms with van der Waals surface area (Å²) in [6.45, 7) is 6.87. The predicted molar refractivity (Wildman–Crippen MR) is 215 cm³/mol. The maximum Gasteiger partial charge on any atom is 0.415 e. The SMILES string of the molecule is CC1(C)CN(CC2CCN(c3ccc4c(c3)C(=O)N([C@H]3CCC(=O)NC3=O)C4)CC2)CCN1C(=O)N1CCN2c3cc(-c4cccc(F)c4O)nnc3NC[C@]2(C(F)(F)F)C1. The summed E-state index contributed by atoms with van der Waals surface area (Å²) in [5, 5.41) is 23.6. The van der Waals surface area contributed by atoms with Crippen LogP contribution in [0.4, 0.5) is 39.5 Å². The first kappa shape index (κ1) is 40.7. The van der Waals surface area contributed by atoms with Crippen LogP contribution < -0.4 is 20.4 Å². The molecule has 4 saturated heterocycles. The number of amides is 5. The number of carbonyl (C=O) groups is 4. The lowest BCUT2D eigenvalue weighted by Gasteiger charge is -2.56. The molecule has 0 radical (unpaired) electrons. The summed E-state index contributed by atoms with van der Waals surface area (Å²) < 4.78 is 60.0. The lowest BCUT2D eigenvalue weighted by atomic mass is 9.89. The van der Waals surface area contributed by atoms with Crippen LogP contribution in [0.2, 0.25) is 0 Å². The van der Waals surface area contributed by atoms with Gasteiger partial charge in [-0.3, -0.25) is 24.6 Å². The van der Waals surface area contributed by atoms with Gasteiger partial charge in [0.2, 0.25) is 11.8 Å². The molecule has 4 fully saturated rings. The van der Waals surface area contributed by atoms with E-state index < -0.39 is 59.9 Å². The first-order valence-corrected chi connectivity index (χ1v) is 20.8. The van der Waals surface area contributed by atoms with Gasteiger partial charge in [-0.05, 0) is 74.9 Å². The summed E-state index contributed by atoms with van der Waals surface area (Å²) in [6.07, 6.45) is -2.40. The fraction of sp³-hybridized carbons (Fsp3) is 0.524. The van der Waals surface area contributed by atoms with E-state index in [2.05, 4.69) is 30.6 Å². The van der Waals surface area contributed by atoms with Crippen LogP contribution in [0.5, 0.6) is 5.75 Å². The Bertz CT molecular complexity index is 2290. The molecule has 7 heterocycles. The monoisotopic (exact) mass is 848 g/mol. The number of hydrogen-bond donors (Lipinski definition) is 3. The lowest BCUT2D eigenvalue weighted by Crippen LogP contribution is -2.75. The smallest absolute Gasteiger partial charge is 0.415 e. The Balaban J connectivity index is 0.813. The third-order valence-electron chi connectivity index (χ3n) is 13.5. The average Bonchev–Trinajstić information content (AvgIpc) is 3.55. The molecule has 3 N–H and O–H groups in total. The number of halogens is 4. The third kappa shape index (κ3) is 7.13. The number of rotatable bonds is 5. The quantitative estimate of drug-likeness (QED) is 0.252. The predicted octanol–water partition coefficient (Wildman–Crippen LogP) is 4.03. The van der Waals surface area contributed by atoms with Gasteiger partial charge in [-0.2, -0.15) is 13.2 Å². The molecule has 6 aliphatic rings. The summed E-state index contributed by atoms with van der Waals surface area (Å²) in [5.41, 5.74) is -0.631. The van der Waals surface area contributed by atoms with E-state index in [1.165, 1.54) is 28.0 Å². The summed E-state index contributed by atoms with van der Waals surface area (Å²) >= 11 is 0. The Kier molecular flexibility index (Phi) is 10.0. The van der Waals surface area contributed by atoms with Crippen molar-refractivity contribution in [2.24, 2.45) is 5.92 Å². The van der Waals surface area contributed by atoms with Gasteiger partial charge in [0, 0.05) is 82.1 Å². The standard InChI is InChI=1S/C42H48F4N10O5/c1-40(2)23-51(20-25-10-12-52(13-11-25)27-7-6-26-21-54(38(60)29(26)18-27)32-8-9-34(57)48-37(32)59)14-16-56(40)39(61)53-15-17-55-33-19-31(28-4-3-5-30(43)35(28)58)49-50-36(33)47-22-41(55,24-53)42(44,45)46/h3-7,18-19,25,32,58H,8-17,20-24H2,1-2H3,(H,47,50)(H,48,57,59)/t32-,41+/m0/s1. The fourth-order valence-corrected chi connectivity index (χ4v) is 10.1. The van der Waals surface area contributed by atoms with E-state index in [1.807, 2.05) is 32.0 Å². The highest BCUT2D eigenvalue weighted by Crippen LogP contribution is 2.47. The largest absolute Gasteiger partial charge is 0.504 e. The highest BCUT2D eigenvalue weighted by molar-refractivity contribution is 6.05. The molecule has 0 saturated carbocycles. The molecule has 19 heteroatoms. The van der Waals surface area contributed by atoms with Crippen molar-refractivity contribution < 1.29 is 41.8 Å². The van der Waals surface area contributed by atoms with Crippen molar-refractivity contribution in [1.82, 2.24) is 35.1 Å². The van der Waals surface area contributed by atoms with Crippen molar-refractivity contribution in [1.29, 1.82) is 0 Å². The van der Waals surface area contributed by atoms with E-state index in [-0.39, 0.29) is 54.1 Å². The van der Waals surface area contributed by atoms with Gasteiger partial charge in [-0.25, -0.2) is 9.18 Å². The Morgan fingerprint density at radius 3 is 2.46 bits per heavy atom. The van der Waals surface area contributed by atoms with E-state index in [1.54, 1.807) is 9.80 Å². The Morgan fingerprint density at radius 1 is 0.934 bits per heavy atom. The zero-order chi connectivity index (χ0) is 43.0. The fourth-order valence-electron chi connectivity index (χ4n) is 10.1. The zero-order valence-corrected chi connectivity index (χ0v) is 34.0. The molecule has 324 valence electrons. The molecule has 0 unspecified atom stereocenters. The molecule has 5 amide bonds. The minimum Gasteiger partial charge on any atom is -0.504 e. The molecule has 6 aliphatic heterocycles. The van der Waals surface area contributed by atoms with Crippen LogP contribution in [0.15, 0.2) is 42.5 Å². The second-order valence-corrected chi connectivity index (χ2v) is 17.7. The number of nitrogens with one attached hydrogen (secondary N) is 2. The van der Waals surface area contributed by atoms with Gasteiger partial charge >= 0.3 is 12.2 Å². The molecule has 61 heavy (non-hydrogen) atoms. The van der Waals surface area contributed by atoms with Gasteiger partial charge in [-0.15, -0.1) is 10.2 Å². The second kappa shape index (κ2) is 15.0. The molecule has 15 nitrogen and oxygen atoms in total. The van der Waals surface area contributed by atoms with E-state index >= 15 is 13.2 Å². The van der Waals surface area contributed by atoms with Gasteiger partial charge in [0.15, 0.2) is 22.9 Å². The number of aromatic nitrogens is 2. The number of para-hydroxylation sites is 1. The van der Waals surface area contributed by atoms with Crippen LogP contribution in [0.1, 0.15) is 55.5 Å². The number of piperidine rings is 2. The Labute approximate surface area is 349 Å². The molecule has 1 aromatic heterocycles. The van der Waals surface area contributed by atoms with Crippen molar-refractivity contribution in [2.75, 3.05) is 80.6 Å².